The first-order valence-corrected chi connectivity index (χ1v) is 12.1. The molecule has 0 aliphatic carbocycles. The molecule has 0 saturated carbocycles. The fraction of sp³-hybridized carbons (Fsp3) is 0.391. The van der Waals surface area contributed by atoms with E-state index in [1.165, 1.54) is 0 Å². The number of carbonyl (C=O) groups is 2. The number of carbonyl (C=O) groups excluding carboxylic acids is 2. The Morgan fingerprint density at radius 3 is 2.10 bits per heavy atom. The van der Waals surface area contributed by atoms with Crippen LogP contribution >= 0.6 is 0 Å². The molecule has 0 fully saturated rings. The van der Waals surface area contributed by atoms with Crippen LogP contribution in [0.3, 0.4) is 0 Å². The average Bonchev–Trinajstić information content (AvgIpc) is 2.75. The number of nitrogens with zero attached hydrogens (tertiary/aromatic N) is 1. The van der Waals surface area contributed by atoms with Gasteiger partial charge in [0.2, 0.25) is 21.8 Å². The topological polar surface area (TPSA) is 110 Å². The number of nitrogens with two attached hydrogens (primary N) is 1. The molecular weight excluding hydrogens is 414 g/mol. The van der Waals surface area contributed by atoms with Gasteiger partial charge in [-0.25, -0.2) is 8.42 Å². The summed E-state index contributed by atoms with van der Waals surface area (Å²) in [5.41, 5.74) is 8.11. The maximum Gasteiger partial charge on any atom is 0.246 e. The monoisotopic (exact) mass is 445 g/mol. The summed E-state index contributed by atoms with van der Waals surface area (Å²) in [5.74, 6) is -2.45. The minimum absolute atomic E-state index is 0.208. The molecule has 2 aromatic carbocycles. The minimum atomic E-state index is -3.87. The molecule has 8 heteroatoms. The van der Waals surface area contributed by atoms with Crippen LogP contribution in [0, 0.1) is 5.92 Å². The van der Waals surface area contributed by atoms with Gasteiger partial charge < -0.3 is 10.6 Å². The van der Waals surface area contributed by atoms with Crippen molar-refractivity contribution in [2.45, 2.75) is 33.1 Å². The molecule has 0 heterocycles. The average molecular weight is 446 g/mol. The molecule has 0 aliphatic heterocycles. The van der Waals surface area contributed by atoms with Crippen molar-refractivity contribution in [2.75, 3.05) is 24.6 Å². The lowest BCUT2D eigenvalue weighted by Gasteiger charge is -2.24. The van der Waals surface area contributed by atoms with Crippen LogP contribution in [-0.2, 0) is 32.5 Å². The number of rotatable bonds is 11. The van der Waals surface area contributed by atoms with Gasteiger partial charge in [0, 0.05) is 18.8 Å². The van der Waals surface area contributed by atoms with E-state index in [0.29, 0.717) is 25.2 Å². The van der Waals surface area contributed by atoms with Gasteiger partial charge in [0.1, 0.15) is 5.92 Å². The highest BCUT2D eigenvalue weighted by Gasteiger charge is 2.31. The normalized spacial score (nSPS) is 12.2. The fourth-order valence-corrected chi connectivity index (χ4v) is 4.35. The van der Waals surface area contributed by atoms with Crippen molar-refractivity contribution in [3.05, 3.63) is 65.7 Å². The van der Waals surface area contributed by atoms with Crippen molar-refractivity contribution in [1.29, 1.82) is 0 Å². The van der Waals surface area contributed by atoms with Crippen molar-refractivity contribution < 1.29 is 18.0 Å². The maximum absolute atomic E-state index is 12.9. The van der Waals surface area contributed by atoms with Gasteiger partial charge in [-0.2, -0.15) is 0 Å². The molecular formula is C23H31N3O4S. The summed E-state index contributed by atoms with van der Waals surface area (Å²) < 4.78 is 27.1. The zero-order chi connectivity index (χ0) is 22.9. The molecule has 0 bridgehead atoms. The van der Waals surface area contributed by atoms with Gasteiger partial charge in [-0.3, -0.25) is 14.3 Å². The molecule has 3 N–H and O–H groups in total. The first-order chi connectivity index (χ1) is 14.8. The number of anilines is 1. The van der Waals surface area contributed by atoms with Gasteiger partial charge in [-0.15, -0.1) is 0 Å². The van der Waals surface area contributed by atoms with Crippen LogP contribution < -0.4 is 10.5 Å². The van der Waals surface area contributed by atoms with E-state index in [1.807, 2.05) is 56.3 Å². The molecule has 7 nitrogen and oxygen atoms in total. The van der Waals surface area contributed by atoms with Crippen molar-refractivity contribution in [2.24, 2.45) is 5.92 Å². The summed E-state index contributed by atoms with van der Waals surface area (Å²) in [6.45, 7) is 4.55. The van der Waals surface area contributed by atoms with E-state index in [1.54, 1.807) is 17.0 Å². The summed E-state index contributed by atoms with van der Waals surface area (Å²) in [4.78, 5) is 27.3. The van der Waals surface area contributed by atoms with Gasteiger partial charge in [-0.1, -0.05) is 42.5 Å². The molecule has 0 radical (unpaired) electrons. The second kappa shape index (κ2) is 11.5. The van der Waals surface area contributed by atoms with E-state index >= 15 is 0 Å². The first kappa shape index (κ1) is 24.4. The highest BCUT2D eigenvalue weighted by molar-refractivity contribution is 7.90. The Labute approximate surface area is 184 Å². The third-order valence-electron chi connectivity index (χ3n) is 5.15. The number of nitrogens with one attached hydrogen (secondary N) is 1. The molecule has 0 aromatic heterocycles. The largest absolute Gasteiger partial charge is 0.399 e. The van der Waals surface area contributed by atoms with Crippen LogP contribution in [-0.4, -0.2) is 44.0 Å². The van der Waals surface area contributed by atoms with Crippen LogP contribution in [0.15, 0.2) is 54.6 Å². The van der Waals surface area contributed by atoms with Crippen LogP contribution in [0.1, 0.15) is 31.4 Å². The molecule has 1 unspecified atom stereocenters. The smallest absolute Gasteiger partial charge is 0.246 e. The first-order valence-electron chi connectivity index (χ1n) is 10.5. The molecule has 0 spiro atoms. The molecule has 2 aromatic rings. The van der Waals surface area contributed by atoms with E-state index in [-0.39, 0.29) is 24.5 Å². The van der Waals surface area contributed by atoms with Gasteiger partial charge in [0.15, 0.2) is 0 Å². The van der Waals surface area contributed by atoms with Crippen LogP contribution in [0.4, 0.5) is 5.69 Å². The van der Waals surface area contributed by atoms with Gasteiger partial charge >= 0.3 is 0 Å². The van der Waals surface area contributed by atoms with Crippen LogP contribution in [0.25, 0.3) is 0 Å². The van der Waals surface area contributed by atoms with E-state index in [0.717, 1.165) is 11.1 Å². The van der Waals surface area contributed by atoms with Gasteiger partial charge in [0.25, 0.3) is 0 Å². The maximum atomic E-state index is 12.9. The molecule has 1 atom stereocenters. The lowest BCUT2D eigenvalue weighted by Crippen LogP contribution is -2.46. The fourth-order valence-electron chi connectivity index (χ4n) is 3.29. The lowest BCUT2D eigenvalue weighted by molar-refractivity contribution is -0.141. The van der Waals surface area contributed by atoms with Crippen molar-refractivity contribution in [3.8, 4) is 0 Å². The molecule has 31 heavy (non-hydrogen) atoms. The van der Waals surface area contributed by atoms with Crippen molar-refractivity contribution >= 4 is 27.5 Å². The molecule has 0 saturated heterocycles. The highest BCUT2D eigenvalue weighted by Crippen LogP contribution is 2.16. The Morgan fingerprint density at radius 1 is 0.935 bits per heavy atom. The van der Waals surface area contributed by atoms with E-state index < -0.39 is 21.8 Å². The number of hydrogen-bond acceptors (Lipinski definition) is 5. The summed E-state index contributed by atoms with van der Waals surface area (Å²) in [5, 5.41) is 0. The summed E-state index contributed by atoms with van der Waals surface area (Å²) in [7, 11) is -3.87. The van der Waals surface area contributed by atoms with Crippen molar-refractivity contribution in [3.63, 3.8) is 0 Å². The second-order valence-electron chi connectivity index (χ2n) is 7.36. The predicted octanol–water partition coefficient (Wildman–Crippen LogP) is 2.37. The Bertz CT molecular complexity index is 956. The number of benzene rings is 2. The Balaban J connectivity index is 2.10. The summed E-state index contributed by atoms with van der Waals surface area (Å²) in [6, 6.07) is 16.4. The zero-order valence-corrected chi connectivity index (χ0v) is 18.9. The molecule has 0 aliphatic rings. The van der Waals surface area contributed by atoms with Crippen LogP contribution in [0.5, 0.6) is 0 Å². The Morgan fingerprint density at radius 2 is 1.52 bits per heavy atom. The summed E-state index contributed by atoms with van der Waals surface area (Å²) >= 11 is 0. The summed E-state index contributed by atoms with van der Waals surface area (Å²) in [6.07, 6.45) is 0.943. The number of sulfonamides is 1. The third-order valence-corrected chi connectivity index (χ3v) is 6.40. The lowest BCUT2D eigenvalue weighted by atomic mass is 9.97. The zero-order valence-electron chi connectivity index (χ0n) is 18.1. The Hall–Kier alpha value is -2.87. The second-order valence-corrected chi connectivity index (χ2v) is 9.21. The number of aryl methyl sites for hydroxylation is 2. The highest BCUT2D eigenvalue weighted by atomic mass is 32.2. The van der Waals surface area contributed by atoms with E-state index in [2.05, 4.69) is 4.72 Å². The standard InChI is InChI=1S/C23H31N3O4S/c1-3-26(4-2)23(28)21(15-12-19-10-13-20(24)14-11-19)22(27)25-31(29,30)17-16-18-8-6-5-7-9-18/h5-11,13-14,21H,3-4,12,15-17,24H2,1-2H3,(H,25,27). The van der Waals surface area contributed by atoms with Gasteiger partial charge in [-0.05, 0) is 56.4 Å². The van der Waals surface area contributed by atoms with Crippen LogP contribution in [0.2, 0.25) is 0 Å². The SMILES string of the molecule is CCN(CC)C(=O)C(CCc1ccc(N)cc1)C(=O)NS(=O)(=O)CCc1ccccc1. The number of amides is 2. The van der Waals surface area contributed by atoms with E-state index in [4.69, 9.17) is 5.73 Å². The van der Waals surface area contributed by atoms with E-state index in [9.17, 15) is 18.0 Å². The predicted molar refractivity (Wildman–Crippen MR) is 123 cm³/mol. The quantitative estimate of drug-likeness (QED) is 0.408. The third kappa shape index (κ3) is 7.71. The molecule has 168 valence electrons. The molecule has 2 amide bonds. The Kier molecular flexibility index (Phi) is 9.05. The minimum Gasteiger partial charge on any atom is -0.399 e. The number of hydrogen-bond donors (Lipinski definition) is 2. The van der Waals surface area contributed by atoms with Gasteiger partial charge in [0.05, 0.1) is 5.75 Å². The van der Waals surface area contributed by atoms with Crippen molar-refractivity contribution in [1.82, 2.24) is 9.62 Å². The molecule has 2 rings (SSSR count). The number of nitrogen functional groups attached to an aromatic ring is 1.